The van der Waals surface area contributed by atoms with Gasteiger partial charge in [0.1, 0.15) is 11.2 Å². The van der Waals surface area contributed by atoms with Gasteiger partial charge < -0.3 is 9.40 Å². The van der Waals surface area contributed by atoms with Crippen LogP contribution in [0.5, 0.6) is 0 Å². The van der Waals surface area contributed by atoms with E-state index in [0.29, 0.717) is 0 Å². The number of aromatic amines is 1. The molecule has 7 rings (SSSR count). The lowest BCUT2D eigenvalue weighted by molar-refractivity contribution is 0.673. The Hall–Kier alpha value is -3.78. The normalized spacial score (nSPS) is 12.3. The van der Waals surface area contributed by atoms with Gasteiger partial charge in [-0.05, 0) is 29.0 Å². The quantitative estimate of drug-likeness (QED) is 0.299. The van der Waals surface area contributed by atoms with Crippen LogP contribution in [0.25, 0.3) is 65.3 Å². The molecule has 0 saturated heterocycles. The van der Waals surface area contributed by atoms with Crippen molar-refractivity contribution in [1.82, 2.24) is 4.98 Å². The molecule has 2 nitrogen and oxygen atoms in total. The van der Waals surface area contributed by atoms with E-state index in [9.17, 15) is 0 Å². The fraction of sp³-hybridized carbons (Fsp3) is 0. The van der Waals surface area contributed by atoms with Gasteiger partial charge >= 0.3 is 0 Å². The molecule has 0 aliphatic heterocycles. The van der Waals surface area contributed by atoms with Crippen molar-refractivity contribution in [2.75, 3.05) is 0 Å². The summed E-state index contributed by atoms with van der Waals surface area (Å²) in [6.45, 7) is 0. The predicted octanol–water partition coefficient (Wildman–Crippen LogP) is 7.53. The molecule has 0 bridgehead atoms. The maximum absolute atomic E-state index is 6.37. The van der Waals surface area contributed by atoms with Crippen molar-refractivity contribution in [2.45, 2.75) is 0 Å². The van der Waals surface area contributed by atoms with Crippen molar-refractivity contribution in [2.24, 2.45) is 0 Å². The zero-order valence-electron chi connectivity index (χ0n) is 15.0. The molecule has 0 fully saturated rings. The van der Waals surface area contributed by atoms with E-state index in [1.165, 1.54) is 43.2 Å². The highest BCUT2D eigenvalue weighted by Crippen LogP contribution is 2.41. The number of fused-ring (bicyclic) bond motifs is 11. The van der Waals surface area contributed by atoms with Crippen LogP contribution in [0.4, 0.5) is 0 Å². The van der Waals surface area contributed by atoms with Crippen molar-refractivity contribution in [3.8, 4) is 0 Å². The minimum atomic E-state index is 0.938. The first-order valence-electron chi connectivity index (χ1n) is 9.54. The maximum atomic E-state index is 6.37. The Kier molecular flexibility index (Phi) is 2.52. The first-order chi connectivity index (χ1) is 13.9. The van der Waals surface area contributed by atoms with Gasteiger partial charge in [0.15, 0.2) is 0 Å². The van der Waals surface area contributed by atoms with Crippen molar-refractivity contribution in [3.05, 3.63) is 84.9 Å². The van der Waals surface area contributed by atoms with E-state index in [1.807, 2.05) is 0 Å². The molecule has 0 spiro atoms. The van der Waals surface area contributed by atoms with Crippen LogP contribution in [0.15, 0.2) is 89.3 Å². The minimum Gasteiger partial charge on any atom is -0.455 e. The molecule has 7 aromatic rings. The molecule has 0 atom stereocenters. The van der Waals surface area contributed by atoms with Gasteiger partial charge in [0.2, 0.25) is 0 Å². The average Bonchev–Trinajstić information content (AvgIpc) is 3.32. The molecule has 130 valence electrons. The number of nitrogens with one attached hydrogen (secondary N) is 1. The summed E-state index contributed by atoms with van der Waals surface area (Å²) in [4.78, 5) is 3.66. The standard InChI is InChI=1S/C26H15NO/c1-3-7-17-15(5-1)9-11-19-23-21(27-25(17)19)13-14-22-24(23)20-12-10-16-6-2-4-8-18(16)26(20)28-22/h1-14,27H. The topological polar surface area (TPSA) is 28.9 Å². The number of hydrogen-bond acceptors (Lipinski definition) is 1. The van der Waals surface area contributed by atoms with Crippen LogP contribution < -0.4 is 0 Å². The number of aromatic nitrogens is 1. The van der Waals surface area contributed by atoms with Crippen LogP contribution >= 0.6 is 0 Å². The van der Waals surface area contributed by atoms with E-state index in [0.717, 1.165) is 22.1 Å². The number of rotatable bonds is 0. The molecule has 0 unspecified atom stereocenters. The van der Waals surface area contributed by atoms with Crippen molar-refractivity contribution < 1.29 is 4.42 Å². The average molecular weight is 357 g/mol. The van der Waals surface area contributed by atoms with Gasteiger partial charge in [-0.3, -0.25) is 0 Å². The Balaban J connectivity index is 1.76. The lowest BCUT2D eigenvalue weighted by Gasteiger charge is -2.00. The van der Waals surface area contributed by atoms with Crippen LogP contribution in [-0.2, 0) is 0 Å². The predicted molar refractivity (Wildman–Crippen MR) is 118 cm³/mol. The molecule has 0 aliphatic rings. The number of hydrogen-bond donors (Lipinski definition) is 1. The van der Waals surface area contributed by atoms with Crippen LogP contribution in [0, 0.1) is 0 Å². The summed E-state index contributed by atoms with van der Waals surface area (Å²) in [5, 5.41) is 9.73. The van der Waals surface area contributed by atoms with E-state index >= 15 is 0 Å². The Morgan fingerprint density at radius 2 is 1.25 bits per heavy atom. The maximum Gasteiger partial charge on any atom is 0.143 e. The monoisotopic (exact) mass is 357 g/mol. The van der Waals surface area contributed by atoms with Crippen LogP contribution in [0.2, 0.25) is 0 Å². The highest BCUT2D eigenvalue weighted by Gasteiger charge is 2.16. The summed E-state index contributed by atoms with van der Waals surface area (Å²) >= 11 is 0. The molecule has 28 heavy (non-hydrogen) atoms. The number of H-pyrrole nitrogens is 1. The third-order valence-electron chi connectivity index (χ3n) is 5.99. The van der Waals surface area contributed by atoms with Crippen molar-refractivity contribution in [1.29, 1.82) is 0 Å². The molecule has 5 aromatic carbocycles. The third kappa shape index (κ3) is 1.68. The summed E-state index contributed by atoms with van der Waals surface area (Å²) in [7, 11) is 0. The number of benzene rings is 5. The summed E-state index contributed by atoms with van der Waals surface area (Å²) in [5.74, 6) is 0. The van der Waals surface area contributed by atoms with Crippen molar-refractivity contribution >= 4 is 65.3 Å². The first-order valence-corrected chi connectivity index (χ1v) is 9.54. The number of furan rings is 1. The highest BCUT2D eigenvalue weighted by atomic mass is 16.3. The van der Waals surface area contributed by atoms with Gasteiger partial charge in [0.05, 0.1) is 5.52 Å². The highest BCUT2D eigenvalue weighted by molar-refractivity contribution is 6.30. The lowest BCUT2D eigenvalue weighted by atomic mass is 10.0. The molecule has 2 heteroatoms. The second-order valence-electron chi connectivity index (χ2n) is 7.46. The molecule has 2 aromatic heterocycles. The molecule has 0 amide bonds. The summed E-state index contributed by atoms with van der Waals surface area (Å²) < 4.78 is 6.37. The fourth-order valence-electron chi connectivity index (χ4n) is 4.73. The summed E-state index contributed by atoms with van der Waals surface area (Å²) in [6.07, 6.45) is 0. The SMILES string of the molecule is c1ccc2c(c1)ccc1c2[nH]c2ccc3oc4c5ccccc5ccc4c3c21. The van der Waals surface area contributed by atoms with Crippen LogP contribution in [0.3, 0.4) is 0 Å². The van der Waals surface area contributed by atoms with E-state index < -0.39 is 0 Å². The Bertz CT molecular complexity index is 1590. The molecule has 0 aliphatic carbocycles. The van der Waals surface area contributed by atoms with E-state index in [-0.39, 0.29) is 0 Å². The van der Waals surface area contributed by atoms with Crippen LogP contribution in [-0.4, -0.2) is 4.98 Å². The van der Waals surface area contributed by atoms with E-state index in [4.69, 9.17) is 4.42 Å². The van der Waals surface area contributed by atoms with Gasteiger partial charge in [0, 0.05) is 37.8 Å². The second kappa shape index (κ2) is 4.93. The van der Waals surface area contributed by atoms with E-state index in [1.54, 1.807) is 0 Å². The van der Waals surface area contributed by atoms with Gasteiger partial charge in [-0.25, -0.2) is 0 Å². The fourth-order valence-corrected chi connectivity index (χ4v) is 4.73. The molecule has 2 heterocycles. The first kappa shape index (κ1) is 14.3. The smallest absolute Gasteiger partial charge is 0.143 e. The molecule has 0 saturated carbocycles. The summed E-state index contributed by atoms with van der Waals surface area (Å²) in [5.41, 5.74) is 4.24. The lowest BCUT2D eigenvalue weighted by Crippen LogP contribution is -1.75. The zero-order chi connectivity index (χ0) is 18.2. The Labute approximate surface area is 160 Å². The second-order valence-corrected chi connectivity index (χ2v) is 7.46. The Morgan fingerprint density at radius 3 is 2.11 bits per heavy atom. The zero-order valence-corrected chi connectivity index (χ0v) is 15.0. The van der Waals surface area contributed by atoms with Crippen LogP contribution in [0.1, 0.15) is 0 Å². The molecular formula is C26H15NO. The van der Waals surface area contributed by atoms with Gasteiger partial charge in [-0.2, -0.15) is 0 Å². The largest absolute Gasteiger partial charge is 0.455 e. The van der Waals surface area contributed by atoms with Gasteiger partial charge in [-0.1, -0.05) is 66.7 Å². The van der Waals surface area contributed by atoms with Crippen molar-refractivity contribution in [3.63, 3.8) is 0 Å². The molecular weight excluding hydrogens is 342 g/mol. The summed E-state index contributed by atoms with van der Waals surface area (Å²) in [6, 6.07) is 30.0. The van der Waals surface area contributed by atoms with Gasteiger partial charge in [-0.15, -0.1) is 0 Å². The minimum absolute atomic E-state index is 0.938. The Morgan fingerprint density at radius 1 is 0.536 bits per heavy atom. The molecule has 0 radical (unpaired) electrons. The van der Waals surface area contributed by atoms with Gasteiger partial charge in [0.25, 0.3) is 0 Å². The van der Waals surface area contributed by atoms with E-state index in [2.05, 4.69) is 89.9 Å². The molecule has 1 N–H and O–H groups in total. The third-order valence-corrected chi connectivity index (χ3v) is 5.99.